The Labute approximate surface area is 181 Å². The molecule has 0 amide bonds. The Morgan fingerprint density at radius 2 is 1.21 bits per heavy atom. The van der Waals surface area contributed by atoms with Gasteiger partial charge in [0.15, 0.2) is 17.4 Å². The van der Waals surface area contributed by atoms with Crippen molar-refractivity contribution in [1.29, 1.82) is 0 Å². The van der Waals surface area contributed by atoms with Crippen LogP contribution in [-0.4, -0.2) is 47.3 Å². The van der Waals surface area contributed by atoms with E-state index >= 15 is 0 Å². The van der Waals surface area contributed by atoms with Gasteiger partial charge in [-0.05, 0) is 32.6 Å². The summed E-state index contributed by atoms with van der Waals surface area (Å²) in [5.41, 5.74) is 0. The van der Waals surface area contributed by atoms with Crippen molar-refractivity contribution in [3.63, 3.8) is 0 Å². The minimum absolute atomic E-state index is 0. The van der Waals surface area contributed by atoms with Crippen LogP contribution in [0, 0.1) is 17.8 Å². The first kappa shape index (κ1) is 29.2. The molecule has 0 heterocycles. The Balaban J connectivity index is 0. The Morgan fingerprint density at radius 1 is 0.786 bits per heavy atom. The molecule has 0 aliphatic carbocycles. The van der Waals surface area contributed by atoms with Crippen LogP contribution in [0.5, 0.6) is 0 Å². The van der Waals surface area contributed by atoms with Crippen molar-refractivity contribution in [2.45, 2.75) is 92.4 Å². The molecular weight excluding hydrogens is 371 g/mol. The molecule has 0 rings (SSSR count). The summed E-state index contributed by atoms with van der Waals surface area (Å²) in [5, 5.41) is 0. The fraction of sp³-hybridized carbons (Fsp3) is 0.818. The van der Waals surface area contributed by atoms with Crippen molar-refractivity contribution < 1.29 is 23.9 Å². The molecule has 0 saturated heterocycles. The van der Waals surface area contributed by atoms with E-state index in [2.05, 4.69) is 13.8 Å². The summed E-state index contributed by atoms with van der Waals surface area (Å²) >= 11 is 0. The molecule has 0 radical (unpaired) electrons. The van der Waals surface area contributed by atoms with Crippen LogP contribution in [0.2, 0.25) is 0 Å². The van der Waals surface area contributed by atoms with Crippen LogP contribution in [0.4, 0.5) is 0 Å². The lowest BCUT2D eigenvalue weighted by atomic mass is 9.80. The van der Waals surface area contributed by atoms with Crippen LogP contribution in [0.1, 0.15) is 92.4 Å². The minimum Gasteiger partial charge on any atom is -0.464 e. The van der Waals surface area contributed by atoms with Crippen molar-refractivity contribution in [3.8, 4) is 0 Å². The van der Waals surface area contributed by atoms with E-state index in [1.54, 1.807) is 0 Å². The zero-order chi connectivity index (χ0) is 20.8. The lowest BCUT2D eigenvalue weighted by Gasteiger charge is -2.24. The van der Waals surface area contributed by atoms with Crippen molar-refractivity contribution in [2.24, 2.45) is 17.8 Å². The van der Waals surface area contributed by atoms with Crippen LogP contribution in [-0.2, 0) is 23.9 Å². The number of carbonyl (C=O) groups excluding carboxylic acids is 4. The summed E-state index contributed by atoms with van der Waals surface area (Å²) in [4.78, 5) is 49.0. The average molecular weight is 413 g/mol. The number of esters is 1. The van der Waals surface area contributed by atoms with Gasteiger partial charge >= 0.3 is 5.97 Å². The molecule has 0 aromatic carbocycles. The summed E-state index contributed by atoms with van der Waals surface area (Å²) in [6, 6.07) is 0. The molecule has 0 N–H and O–H groups in total. The Kier molecular flexibility index (Phi) is 17.7. The topological polar surface area (TPSA) is 77.5 Å². The van der Waals surface area contributed by atoms with Gasteiger partial charge in [0.25, 0.3) is 0 Å². The molecule has 0 fully saturated rings. The zero-order valence-electron chi connectivity index (χ0n) is 17.8. The van der Waals surface area contributed by atoms with Crippen LogP contribution in [0.25, 0.3) is 0 Å². The lowest BCUT2D eigenvalue weighted by molar-refractivity contribution is -0.150. The van der Waals surface area contributed by atoms with Crippen molar-refractivity contribution >= 4 is 40.7 Å². The average Bonchev–Trinajstić information content (AvgIpc) is 2.62. The highest BCUT2D eigenvalue weighted by atomic mass is 27.0. The normalized spacial score (nSPS) is 13.8. The van der Waals surface area contributed by atoms with E-state index in [0.717, 1.165) is 38.5 Å². The molecule has 0 saturated carbocycles. The van der Waals surface area contributed by atoms with Crippen LogP contribution in [0.3, 0.4) is 0 Å². The highest BCUT2D eigenvalue weighted by molar-refractivity contribution is 6.04. The number of carbonyl (C=O) groups is 4. The zero-order valence-corrected chi connectivity index (χ0v) is 17.8. The minimum atomic E-state index is -0.912. The molecule has 162 valence electrons. The third kappa shape index (κ3) is 11.1. The number of hydrogen-bond donors (Lipinski definition) is 0. The molecule has 28 heavy (non-hydrogen) atoms. The first-order valence-electron chi connectivity index (χ1n) is 10.5. The van der Waals surface area contributed by atoms with Crippen LogP contribution in [0.15, 0.2) is 0 Å². The molecule has 0 bridgehead atoms. The van der Waals surface area contributed by atoms with Crippen molar-refractivity contribution in [1.82, 2.24) is 0 Å². The van der Waals surface area contributed by atoms with Crippen molar-refractivity contribution in [3.05, 3.63) is 0 Å². The second-order valence-electron chi connectivity index (χ2n) is 7.41. The van der Waals surface area contributed by atoms with Gasteiger partial charge in [-0.25, -0.2) is 0 Å². The second kappa shape index (κ2) is 16.9. The number of rotatable bonds is 16. The molecule has 0 spiro atoms. The molecule has 0 aliphatic heterocycles. The summed E-state index contributed by atoms with van der Waals surface area (Å²) < 4.78 is 5.15. The van der Waals surface area contributed by atoms with Gasteiger partial charge < -0.3 is 4.74 Å². The van der Waals surface area contributed by atoms with E-state index in [9.17, 15) is 19.2 Å². The summed E-state index contributed by atoms with van der Waals surface area (Å²) in [6.45, 7) is 9.12. The van der Waals surface area contributed by atoms with Gasteiger partial charge in [-0.2, -0.15) is 0 Å². The maximum absolute atomic E-state index is 13.1. The predicted molar refractivity (Wildman–Crippen MR) is 116 cm³/mol. The fourth-order valence-electron chi connectivity index (χ4n) is 3.30. The van der Waals surface area contributed by atoms with E-state index in [4.69, 9.17) is 4.74 Å². The maximum atomic E-state index is 13.1. The smallest absolute Gasteiger partial charge is 0.313 e. The maximum Gasteiger partial charge on any atom is 0.313 e. The number of ketones is 3. The van der Waals surface area contributed by atoms with E-state index in [0.29, 0.717) is 12.8 Å². The second-order valence-corrected chi connectivity index (χ2v) is 7.41. The number of unbranched alkanes of at least 4 members (excludes halogenated alkanes) is 2. The molecule has 0 aromatic rings. The van der Waals surface area contributed by atoms with Crippen LogP contribution >= 0.6 is 0 Å². The Hall–Kier alpha value is -0.988. The molecule has 6 heteroatoms. The van der Waals surface area contributed by atoms with E-state index < -0.39 is 11.9 Å². The van der Waals surface area contributed by atoms with E-state index in [1.807, 2.05) is 13.8 Å². The summed E-state index contributed by atoms with van der Waals surface area (Å²) in [7, 11) is 0. The van der Waals surface area contributed by atoms with Gasteiger partial charge in [-0.1, -0.05) is 53.4 Å². The van der Waals surface area contributed by atoms with E-state index in [-0.39, 0.29) is 59.6 Å². The standard InChI is InChI=1S/C22H38O5.Al.3H/c1-6-10-12-17(8-3)21(25)19(15-27-20(24)14-16(5)23)22(26)18(9-4)13-11-7-2;;;;/h17-19H,6-15H2,1-5H3;;;;. The summed E-state index contributed by atoms with van der Waals surface area (Å²) in [6.07, 6.45) is 6.38. The highest BCUT2D eigenvalue weighted by Gasteiger charge is 2.35. The quantitative estimate of drug-likeness (QED) is 0.220. The van der Waals surface area contributed by atoms with Crippen LogP contribution < -0.4 is 0 Å². The molecule has 2 unspecified atom stereocenters. The van der Waals surface area contributed by atoms with Gasteiger partial charge in [0, 0.05) is 11.8 Å². The monoisotopic (exact) mass is 412 g/mol. The third-order valence-electron chi connectivity index (χ3n) is 5.09. The largest absolute Gasteiger partial charge is 0.464 e. The Morgan fingerprint density at radius 3 is 1.54 bits per heavy atom. The van der Waals surface area contributed by atoms with Crippen molar-refractivity contribution in [2.75, 3.05) is 6.61 Å². The van der Waals surface area contributed by atoms with Gasteiger partial charge in [-0.3, -0.25) is 19.2 Å². The molecule has 5 nitrogen and oxygen atoms in total. The SMILES string of the molecule is CCCCC(CC)C(=O)C(COC(=O)CC(C)=O)C(=O)C(CC)CCCC.[AlH3]. The third-order valence-corrected chi connectivity index (χ3v) is 5.09. The molecule has 2 atom stereocenters. The number of hydrogen-bond acceptors (Lipinski definition) is 5. The summed E-state index contributed by atoms with van der Waals surface area (Å²) in [5.74, 6) is -2.47. The first-order valence-corrected chi connectivity index (χ1v) is 10.5. The van der Waals surface area contributed by atoms with Gasteiger partial charge in [0.1, 0.15) is 36.3 Å². The van der Waals surface area contributed by atoms with Gasteiger partial charge in [-0.15, -0.1) is 0 Å². The van der Waals surface area contributed by atoms with Gasteiger partial charge in [0.2, 0.25) is 0 Å². The predicted octanol–water partition coefficient (Wildman–Crippen LogP) is 3.51. The Bertz CT molecular complexity index is 461. The van der Waals surface area contributed by atoms with E-state index in [1.165, 1.54) is 6.92 Å². The first-order chi connectivity index (χ1) is 12.8. The highest BCUT2D eigenvalue weighted by Crippen LogP contribution is 2.25. The fourth-order valence-corrected chi connectivity index (χ4v) is 3.30. The molecule has 0 aromatic heterocycles. The van der Waals surface area contributed by atoms with Gasteiger partial charge in [0.05, 0.1) is 0 Å². The molecular formula is C22H41AlO5. The lowest BCUT2D eigenvalue weighted by Crippen LogP contribution is -2.37. The molecule has 0 aliphatic rings. The number of Topliss-reactive ketones (excluding diaryl/α,β-unsaturated/α-hetero) is 3. The number of ether oxygens (including phenoxy) is 1.